The molecule has 6 heteroatoms. The third kappa shape index (κ3) is 3.92. The maximum Gasteiger partial charge on any atom is 0.236 e. The first kappa shape index (κ1) is 15.7. The first-order valence-corrected chi connectivity index (χ1v) is 8.64. The van der Waals surface area contributed by atoms with Gasteiger partial charge in [-0.3, -0.25) is 9.71 Å². The van der Waals surface area contributed by atoms with Crippen LogP contribution in [0.25, 0.3) is 10.8 Å². The molecule has 0 bridgehead atoms. The standard InChI is InChI=1S/C15H21N3O2S/c1-3-8-16-10-12(2)21(19,20)18-15-6-4-5-13-7-9-17-11-14(13)15/h4-7,9,11-12,16,18H,3,8,10H2,1-2H3. The van der Waals surface area contributed by atoms with Crippen molar-refractivity contribution in [3.63, 3.8) is 0 Å². The lowest BCUT2D eigenvalue weighted by atomic mass is 10.1. The van der Waals surface area contributed by atoms with E-state index >= 15 is 0 Å². The van der Waals surface area contributed by atoms with Crippen LogP contribution in [0.3, 0.4) is 0 Å². The summed E-state index contributed by atoms with van der Waals surface area (Å²) in [6.45, 7) is 5.01. The molecule has 0 saturated carbocycles. The van der Waals surface area contributed by atoms with E-state index in [1.807, 2.05) is 25.1 Å². The number of pyridine rings is 1. The van der Waals surface area contributed by atoms with Crippen LogP contribution in [0, 0.1) is 0 Å². The van der Waals surface area contributed by atoms with Crippen LogP contribution in [0.4, 0.5) is 5.69 Å². The van der Waals surface area contributed by atoms with Crippen LogP contribution >= 0.6 is 0 Å². The molecule has 2 N–H and O–H groups in total. The molecule has 114 valence electrons. The summed E-state index contributed by atoms with van der Waals surface area (Å²) in [6.07, 6.45) is 4.35. The second kappa shape index (κ2) is 6.87. The maximum absolute atomic E-state index is 12.4. The summed E-state index contributed by atoms with van der Waals surface area (Å²) in [6, 6.07) is 7.38. The molecule has 0 aliphatic heterocycles. The fourth-order valence-corrected chi connectivity index (χ4v) is 3.07. The molecule has 0 fully saturated rings. The van der Waals surface area contributed by atoms with Gasteiger partial charge >= 0.3 is 0 Å². The van der Waals surface area contributed by atoms with Crippen molar-refractivity contribution in [1.82, 2.24) is 10.3 Å². The van der Waals surface area contributed by atoms with Crippen molar-refractivity contribution in [1.29, 1.82) is 0 Å². The Balaban J connectivity index is 2.19. The van der Waals surface area contributed by atoms with Crippen LogP contribution in [-0.4, -0.2) is 31.7 Å². The lowest BCUT2D eigenvalue weighted by molar-refractivity contribution is 0.576. The highest BCUT2D eigenvalue weighted by atomic mass is 32.2. The molecule has 0 radical (unpaired) electrons. The molecule has 0 spiro atoms. The molecular weight excluding hydrogens is 286 g/mol. The highest BCUT2D eigenvalue weighted by Gasteiger charge is 2.20. The number of rotatable bonds is 7. The van der Waals surface area contributed by atoms with Crippen molar-refractivity contribution in [2.45, 2.75) is 25.5 Å². The quantitative estimate of drug-likeness (QED) is 0.770. The zero-order chi connectivity index (χ0) is 15.3. The lowest BCUT2D eigenvalue weighted by Gasteiger charge is -2.16. The van der Waals surface area contributed by atoms with Gasteiger partial charge in [0.15, 0.2) is 0 Å². The molecule has 0 saturated heterocycles. The third-order valence-electron chi connectivity index (χ3n) is 3.32. The summed E-state index contributed by atoms with van der Waals surface area (Å²) in [7, 11) is -3.43. The van der Waals surface area contributed by atoms with Gasteiger partial charge in [0.05, 0.1) is 10.9 Å². The second-order valence-electron chi connectivity index (χ2n) is 5.06. The van der Waals surface area contributed by atoms with E-state index in [1.54, 1.807) is 25.4 Å². The van der Waals surface area contributed by atoms with Gasteiger partial charge in [-0.25, -0.2) is 8.42 Å². The number of sulfonamides is 1. The van der Waals surface area contributed by atoms with Crippen molar-refractivity contribution in [2.24, 2.45) is 0 Å². The van der Waals surface area contributed by atoms with Crippen LogP contribution < -0.4 is 10.0 Å². The molecule has 1 atom stereocenters. The number of benzene rings is 1. The van der Waals surface area contributed by atoms with E-state index in [0.717, 1.165) is 23.7 Å². The molecule has 0 aliphatic carbocycles. The van der Waals surface area contributed by atoms with Gasteiger partial charge in [-0.2, -0.15) is 0 Å². The van der Waals surface area contributed by atoms with Gasteiger partial charge in [-0.15, -0.1) is 0 Å². The first-order valence-electron chi connectivity index (χ1n) is 7.09. The fraction of sp³-hybridized carbons (Fsp3) is 0.400. The predicted octanol–water partition coefficient (Wildman–Crippen LogP) is 2.36. The number of aromatic nitrogens is 1. The molecule has 1 heterocycles. The fourth-order valence-electron chi connectivity index (χ4n) is 2.05. The van der Waals surface area contributed by atoms with E-state index in [4.69, 9.17) is 0 Å². The van der Waals surface area contributed by atoms with Crippen LogP contribution in [0.1, 0.15) is 20.3 Å². The number of hydrogen-bond donors (Lipinski definition) is 2. The number of nitrogens with one attached hydrogen (secondary N) is 2. The molecule has 1 aromatic carbocycles. The zero-order valence-electron chi connectivity index (χ0n) is 12.3. The first-order chi connectivity index (χ1) is 10.0. The Bertz CT molecular complexity index is 696. The SMILES string of the molecule is CCCNCC(C)S(=O)(=O)Nc1cccc2ccncc12. The average molecular weight is 307 g/mol. The topological polar surface area (TPSA) is 71.1 Å². The van der Waals surface area contributed by atoms with Gasteiger partial charge in [0, 0.05) is 24.3 Å². The van der Waals surface area contributed by atoms with Crippen molar-refractivity contribution in [3.05, 3.63) is 36.7 Å². The minimum absolute atomic E-state index is 0.437. The lowest BCUT2D eigenvalue weighted by Crippen LogP contribution is -2.35. The largest absolute Gasteiger partial charge is 0.315 e. The van der Waals surface area contributed by atoms with E-state index in [-0.39, 0.29) is 0 Å². The Labute approximate surface area is 125 Å². The van der Waals surface area contributed by atoms with Gasteiger partial charge in [0.1, 0.15) is 0 Å². The van der Waals surface area contributed by atoms with Crippen LogP contribution in [0.2, 0.25) is 0 Å². The van der Waals surface area contributed by atoms with Gasteiger partial charge in [0.25, 0.3) is 0 Å². The third-order valence-corrected chi connectivity index (χ3v) is 5.05. The number of hydrogen-bond acceptors (Lipinski definition) is 4. The van der Waals surface area contributed by atoms with Crippen molar-refractivity contribution in [2.75, 3.05) is 17.8 Å². The summed E-state index contributed by atoms with van der Waals surface area (Å²) in [5.41, 5.74) is 0.572. The molecule has 2 aromatic rings. The Hall–Kier alpha value is -1.66. The predicted molar refractivity (Wildman–Crippen MR) is 86.9 cm³/mol. The molecule has 21 heavy (non-hydrogen) atoms. The second-order valence-corrected chi connectivity index (χ2v) is 7.16. The number of nitrogens with zero attached hydrogens (tertiary/aromatic N) is 1. The maximum atomic E-state index is 12.4. The van der Waals surface area contributed by atoms with Crippen molar-refractivity contribution < 1.29 is 8.42 Å². The average Bonchev–Trinajstić information content (AvgIpc) is 2.47. The number of fused-ring (bicyclic) bond motifs is 1. The minimum Gasteiger partial charge on any atom is -0.315 e. The molecular formula is C15H21N3O2S. The van der Waals surface area contributed by atoms with Gasteiger partial charge in [0.2, 0.25) is 10.0 Å². The Kier molecular flexibility index (Phi) is 5.14. The number of anilines is 1. The Morgan fingerprint density at radius 2 is 2.10 bits per heavy atom. The molecule has 2 rings (SSSR count). The normalized spacial score (nSPS) is 13.2. The summed E-state index contributed by atoms with van der Waals surface area (Å²) in [4.78, 5) is 4.06. The van der Waals surface area contributed by atoms with Gasteiger partial charge in [-0.1, -0.05) is 19.1 Å². The summed E-state index contributed by atoms with van der Waals surface area (Å²) < 4.78 is 27.4. The summed E-state index contributed by atoms with van der Waals surface area (Å²) >= 11 is 0. The highest BCUT2D eigenvalue weighted by molar-refractivity contribution is 7.93. The van der Waals surface area contributed by atoms with E-state index in [2.05, 4.69) is 15.0 Å². The van der Waals surface area contributed by atoms with Crippen molar-refractivity contribution in [3.8, 4) is 0 Å². The smallest absolute Gasteiger partial charge is 0.236 e. The zero-order valence-corrected chi connectivity index (χ0v) is 13.2. The van der Waals surface area contributed by atoms with Gasteiger partial charge in [-0.05, 0) is 37.4 Å². The van der Waals surface area contributed by atoms with E-state index in [0.29, 0.717) is 12.2 Å². The monoisotopic (exact) mass is 307 g/mol. The van der Waals surface area contributed by atoms with Crippen molar-refractivity contribution >= 4 is 26.5 Å². The van der Waals surface area contributed by atoms with Crippen LogP contribution in [0.15, 0.2) is 36.7 Å². The van der Waals surface area contributed by atoms with Crippen LogP contribution in [0.5, 0.6) is 0 Å². The Morgan fingerprint density at radius 3 is 2.86 bits per heavy atom. The molecule has 5 nitrogen and oxygen atoms in total. The van der Waals surface area contributed by atoms with Gasteiger partial charge < -0.3 is 5.32 Å². The van der Waals surface area contributed by atoms with E-state index in [9.17, 15) is 8.42 Å². The summed E-state index contributed by atoms with van der Waals surface area (Å²) in [5.74, 6) is 0. The van der Waals surface area contributed by atoms with E-state index in [1.165, 1.54) is 0 Å². The Morgan fingerprint density at radius 1 is 1.29 bits per heavy atom. The van der Waals surface area contributed by atoms with Crippen LogP contribution in [-0.2, 0) is 10.0 Å². The molecule has 1 aromatic heterocycles. The molecule has 0 amide bonds. The molecule has 1 unspecified atom stereocenters. The highest BCUT2D eigenvalue weighted by Crippen LogP contribution is 2.23. The summed E-state index contributed by atoms with van der Waals surface area (Å²) in [5, 5.41) is 4.39. The minimum atomic E-state index is -3.43. The van der Waals surface area contributed by atoms with E-state index < -0.39 is 15.3 Å². The molecule has 0 aliphatic rings.